The molecule has 41 heavy (non-hydrogen) atoms. The monoisotopic (exact) mass is 572 g/mol. The number of hydrogen-bond acceptors (Lipinski definition) is 7. The van der Waals surface area contributed by atoms with E-state index in [1.165, 1.54) is 24.3 Å². The predicted octanol–water partition coefficient (Wildman–Crippen LogP) is 4.82. The molecule has 1 fully saturated rings. The van der Waals surface area contributed by atoms with Gasteiger partial charge < -0.3 is 24.7 Å². The summed E-state index contributed by atoms with van der Waals surface area (Å²) in [7, 11) is 0. The quantitative estimate of drug-likeness (QED) is 0.305. The Labute approximate surface area is 236 Å². The van der Waals surface area contributed by atoms with Gasteiger partial charge in [-0.15, -0.1) is 0 Å². The van der Waals surface area contributed by atoms with Crippen LogP contribution in [0.15, 0.2) is 77.8 Å². The van der Waals surface area contributed by atoms with Crippen molar-refractivity contribution in [3.05, 3.63) is 89.2 Å². The maximum atomic E-state index is 13.1. The maximum Gasteiger partial charge on any atom is 0.294 e. The second-order valence-corrected chi connectivity index (χ2v) is 10.2. The van der Waals surface area contributed by atoms with E-state index in [9.17, 15) is 23.6 Å². The van der Waals surface area contributed by atoms with Crippen molar-refractivity contribution in [2.24, 2.45) is 0 Å². The molecule has 1 aromatic heterocycles. The number of ether oxygens (including phenoxy) is 2. The number of para-hydroxylation sites is 1. The standard InChI is InChI=1S/C29H21FN4O6S/c30-18-5-7-19(8-6-18)31-27(36)15-34-28(37)25(41-29(34)38)11-17-13-33(22-4-2-1-3-21(17)22)14-26(35)32-20-9-10-23-24(12-20)40-16-39-23/h1-13H,14-16H2,(H,31,36)(H,32,35)/b25-11-. The summed E-state index contributed by atoms with van der Waals surface area (Å²) in [5, 5.41) is 5.59. The van der Waals surface area contributed by atoms with E-state index in [1.807, 2.05) is 24.3 Å². The highest BCUT2D eigenvalue weighted by molar-refractivity contribution is 8.18. The van der Waals surface area contributed by atoms with Crippen LogP contribution in [0.1, 0.15) is 5.56 Å². The zero-order chi connectivity index (χ0) is 28.5. The fourth-order valence-corrected chi connectivity index (χ4v) is 5.33. The number of carbonyl (C=O) groups is 4. The highest BCUT2D eigenvalue weighted by atomic mass is 32.2. The smallest absolute Gasteiger partial charge is 0.294 e. The third-order valence-electron chi connectivity index (χ3n) is 6.38. The normalized spacial score (nSPS) is 15.1. The van der Waals surface area contributed by atoms with Crippen LogP contribution in [0.4, 0.5) is 20.6 Å². The second kappa shape index (κ2) is 10.8. The fraction of sp³-hybridized carbons (Fsp3) is 0.103. The highest BCUT2D eigenvalue weighted by Crippen LogP contribution is 2.35. The Morgan fingerprint density at radius 2 is 1.61 bits per heavy atom. The summed E-state index contributed by atoms with van der Waals surface area (Å²) in [4.78, 5) is 52.0. The average molecular weight is 573 g/mol. The zero-order valence-electron chi connectivity index (χ0n) is 21.3. The number of aromatic nitrogens is 1. The summed E-state index contributed by atoms with van der Waals surface area (Å²) in [6.07, 6.45) is 3.32. The molecule has 2 aliphatic rings. The van der Waals surface area contributed by atoms with Crippen LogP contribution in [-0.2, 0) is 20.9 Å². The Balaban J connectivity index is 1.17. The summed E-state index contributed by atoms with van der Waals surface area (Å²) in [6.45, 7) is -0.358. The molecule has 0 spiro atoms. The van der Waals surface area contributed by atoms with Gasteiger partial charge in [-0.05, 0) is 60.3 Å². The van der Waals surface area contributed by atoms with E-state index in [2.05, 4.69) is 10.6 Å². The molecule has 6 rings (SSSR count). The lowest BCUT2D eigenvalue weighted by Gasteiger charge is -2.12. The van der Waals surface area contributed by atoms with Gasteiger partial charge in [0.05, 0.1) is 4.91 Å². The lowest BCUT2D eigenvalue weighted by atomic mass is 10.1. The van der Waals surface area contributed by atoms with Crippen molar-refractivity contribution in [3.8, 4) is 11.5 Å². The highest BCUT2D eigenvalue weighted by Gasteiger charge is 2.36. The Hall–Kier alpha value is -5.10. The topological polar surface area (TPSA) is 119 Å². The number of fused-ring (bicyclic) bond motifs is 2. The molecule has 2 N–H and O–H groups in total. The molecule has 4 aromatic rings. The summed E-state index contributed by atoms with van der Waals surface area (Å²) >= 11 is 0.728. The maximum absolute atomic E-state index is 13.1. The zero-order valence-corrected chi connectivity index (χ0v) is 22.1. The summed E-state index contributed by atoms with van der Waals surface area (Å²) in [5.41, 5.74) is 2.30. The molecule has 0 aliphatic carbocycles. The Bertz CT molecular complexity index is 1750. The van der Waals surface area contributed by atoms with E-state index >= 15 is 0 Å². The molecule has 4 amide bonds. The van der Waals surface area contributed by atoms with Crippen LogP contribution in [-0.4, -0.2) is 45.8 Å². The molecule has 0 unspecified atom stereocenters. The summed E-state index contributed by atoms with van der Waals surface area (Å²) in [5.74, 6) is -0.758. The SMILES string of the molecule is O=C(CN1C(=O)S/C(=C\c2cn(CC(=O)Nc3ccc4c(c3)OCO4)c3ccccc23)C1=O)Nc1ccc(F)cc1. The van der Waals surface area contributed by atoms with Crippen molar-refractivity contribution in [2.45, 2.75) is 6.54 Å². The first-order valence-electron chi connectivity index (χ1n) is 12.4. The lowest BCUT2D eigenvalue weighted by Crippen LogP contribution is -2.36. The van der Waals surface area contributed by atoms with Gasteiger partial charge in [-0.1, -0.05) is 18.2 Å². The van der Waals surface area contributed by atoms with E-state index in [4.69, 9.17) is 9.47 Å². The predicted molar refractivity (Wildman–Crippen MR) is 151 cm³/mol. The number of halogens is 1. The second-order valence-electron chi connectivity index (χ2n) is 9.17. The minimum Gasteiger partial charge on any atom is -0.454 e. The van der Waals surface area contributed by atoms with Gasteiger partial charge in [0.1, 0.15) is 18.9 Å². The fourth-order valence-electron chi connectivity index (χ4n) is 4.51. The van der Waals surface area contributed by atoms with Crippen molar-refractivity contribution < 1.29 is 33.0 Å². The van der Waals surface area contributed by atoms with E-state index in [-0.39, 0.29) is 24.2 Å². The lowest BCUT2D eigenvalue weighted by molar-refractivity contribution is -0.127. The van der Waals surface area contributed by atoms with Crippen LogP contribution < -0.4 is 20.1 Å². The molecule has 206 valence electrons. The number of amides is 4. The van der Waals surface area contributed by atoms with Gasteiger partial charge in [0.2, 0.25) is 18.6 Å². The van der Waals surface area contributed by atoms with E-state index in [0.717, 1.165) is 27.6 Å². The molecule has 1 saturated heterocycles. The molecule has 10 nitrogen and oxygen atoms in total. The number of nitrogens with one attached hydrogen (secondary N) is 2. The molecule has 12 heteroatoms. The number of thioether (sulfide) groups is 1. The van der Waals surface area contributed by atoms with Crippen LogP contribution in [0, 0.1) is 5.82 Å². The van der Waals surface area contributed by atoms with Crippen LogP contribution >= 0.6 is 11.8 Å². The molecule has 0 bridgehead atoms. The first-order chi connectivity index (χ1) is 19.8. The third-order valence-corrected chi connectivity index (χ3v) is 7.29. The Kier molecular flexibility index (Phi) is 6.89. The van der Waals surface area contributed by atoms with Crippen LogP contribution in [0.2, 0.25) is 0 Å². The van der Waals surface area contributed by atoms with Crippen molar-refractivity contribution >= 4 is 63.1 Å². The van der Waals surface area contributed by atoms with Gasteiger partial charge in [-0.25, -0.2) is 4.39 Å². The first-order valence-corrected chi connectivity index (χ1v) is 13.2. The largest absolute Gasteiger partial charge is 0.454 e. The summed E-state index contributed by atoms with van der Waals surface area (Å²) in [6, 6.07) is 17.7. The van der Waals surface area contributed by atoms with Crippen molar-refractivity contribution in [3.63, 3.8) is 0 Å². The number of rotatable bonds is 7. The number of anilines is 2. The van der Waals surface area contributed by atoms with E-state index in [1.54, 1.807) is 35.0 Å². The molecule has 0 saturated carbocycles. The van der Waals surface area contributed by atoms with Crippen molar-refractivity contribution in [1.29, 1.82) is 0 Å². The minimum atomic E-state index is -0.605. The molecule has 0 radical (unpaired) electrons. The Morgan fingerprint density at radius 1 is 0.902 bits per heavy atom. The van der Waals surface area contributed by atoms with Gasteiger partial charge in [-0.2, -0.15) is 0 Å². The summed E-state index contributed by atoms with van der Waals surface area (Å²) < 4.78 is 25.5. The molecule has 3 aromatic carbocycles. The molecular formula is C29H21FN4O6S. The van der Waals surface area contributed by atoms with Gasteiger partial charge in [-0.3, -0.25) is 24.1 Å². The van der Waals surface area contributed by atoms with Gasteiger partial charge in [0.15, 0.2) is 11.5 Å². The number of nitrogens with zero attached hydrogens (tertiary/aromatic N) is 2. The van der Waals surface area contributed by atoms with Crippen molar-refractivity contribution in [2.75, 3.05) is 24.0 Å². The number of carbonyl (C=O) groups excluding carboxylic acids is 4. The number of imide groups is 1. The van der Waals surface area contributed by atoms with Gasteiger partial charge >= 0.3 is 0 Å². The van der Waals surface area contributed by atoms with Crippen LogP contribution in [0.3, 0.4) is 0 Å². The van der Waals surface area contributed by atoms with E-state index < -0.39 is 29.4 Å². The van der Waals surface area contributed by atoms with Crippen LogP contribution in [0.25, 0.3) is 17.0 Å². The van der Waals surface area contributed by atoms with E-state index in [0.29, 0.717) is 28.4 Å². The van der Waals surface area contributed by atoms with Gasteiger partial charge in [0, 0.05) is 40.1 Å². The molecule has 0 atom stereocenters. The first kappa shape index (κ1) is 26.1. The van der Waals surface area contributed by atoms with Crippen LogP contribution in [0.5, 0.6) is 11.5 Å². The molecule has 3 heterocycles. The van der Waals surface area contributed by atoms with Crippen molar-refractivity contribution in [1.82, 2.24) is 9.47 Å². The number of hydrogen-bond donors (Lipinski definition) is 2. The molecular weight excluding hydrogens is 551 g/mol. The van der Waals surface area contributed by atoms with Gasteiger partial charge in [0.25, 0.3) is 11.1 Å². The average Bonchev–Trinajstić information content (AvgIpc) is 3.63. The third kappa shape index (κ3) is 5.50. The number of benzene rings is 3. The molecule has 2 aliphatic heterocycles. The Morgan fingerprint density at radius 3 is 2.44 bits per heavy atom. The minimum absolute atomic E-state index is 0.00612.